The second-order valence-corrected chi connectivity index (χ2v) is 7.26. The van der Waals surface area contributed by atoms with Gasteiger partial charge in [-0.3, -0.25) is 0 Å². The van der Waals surface area contributed by atoms with Crippen molar-refractivity contribution in [1.82, 2.24) is 14.7 Å². The number of likely N-dealkylation sites (tertiary alicyclic amines) is 1. The van der Waals surface area contributed by atoms with E-state index in [1.54, 1.807) is 4.90 Å². The van der Waals surface area contributed by atoms with Gasteiger partial charge in [0, 0.05) is 44.7 Å². The molecule has 0 saturated carbocycles. The number of rotatable bonds is 1. The van der Waals surface area contributed by atoms with Crippen LogP contribution in [0.1, 0.15) is 19.3 Å². The van der Waals surface area contributed by atoms with Crippen LogP contribution in [0.3, 0.4) is 0 Å². The van der Waals surface area contributed by atoms with Crippen LogP contribution in [0.25, 0.3) is 10.8 Å². The highest BCUT2D eigenvalue weighted by atomic mass is 16.2. The minimum Gasteiger partial charge on any atom is -0.325 e. The Kier molecular flexibility index (Phi) is 5.14. The lowest BCUT2D eigenvalue weighted by atomic mass is 10.1. The molecule has 2 aromatic carbocycles. The predicted octanol–water partition coefficient (Wildman–Crippen LogP) is 3.60. The molecule has 0 spiro atoms. The van der Waals surface area contributed by atoms with E-state index in [0.29, 0.717) is 26.2 Å². The van der Waals surface area contributed by atoms with Gasteiger partial charge >= 0.3 is 12.1 Å². The van der Waals surface area contributed by atoms with Crippen molar-refractivity contribution in [3.63, 3.8) is 0 Å². The monoisotopic (exact) mass is 366 g/mol. The van der Waals surface area contributed by atoms with E-state index in [1.807, 2.05) is 52.3 Å². The maximum atomic E-state index is 12.7. The molecule has 2 saturated heterocycles. The van der Waals surface area contributed by atoms with Crippen LogP contribution < -0.4 is 5.32 Å². The number of fused-ring (bicyclic) bond motifs is 1. The first-order chi connectivity index (χ1) is 13.2. The predicted molar refractivity (Wildman–Crippen MR) is 107 cm³/mol. The third-order valence-electron chi connectivity index (χ3n) is 5.50. The first-order valence-electron chi connectivity index (χ1n) is 9.80. The number of hydrogen-bond donors (Lipinski definition) is 1. The van der Waals surface area contributed by atoms with Crippen LogP contribution in [0.4, 0.5) is 15.3 Å². The average molecular weight is 366 g/mol. The number of hydrogen-bond acceptors (Lipinski definition) is 2. The summed E-state index contributed by atoms with van der Waals surface area (Å²) in [5.41, 5.74) is 0.824. The first-order valence-corrected chi connectivity index (χ1v) is 9.80. The molecule has 1 N–H and O–H groups in total. The van der Waals surface area contributed by atoms with Gasteiger partial charge in [-0.25, -0.2) is 9.59 Å². The molecule has 2 heterocycles. The molecule has 0 aromatic heterocycles. The fourth-order valence-corrected chi connectivity index (χ4v) is 3.91. The molecule has 2 fully saturated rings. The van der Waals surface area contributed by atoms with Gasteiger partial charge in [-0.2, -0.15) is 0 Å². The van der Waals surface area contributed by atoms with Crippen molar-refractivity contribution >= 4 is 28.5 Å². The van der Waals surface area contributed by atoms with Crippen molar-refractivity contribution in [2.24, 2.45) is 0 Å². The molecule has 2 aromatic rings. The van der Waals surface area contributed by atoms with E-state index < -0.39 is 0 Å². The third-order valence-corrected chi connectivity index (χ3v) is 5.50. The van der Waals surface area contributed by atoms with Crippen molar-refractivity contribution in [3.05, 3.63) is 42.5 Å². The smallest absolute Gasteiger partial charge is 0.321 e. The van der Waals surface area contributed by atoms with E-state index in [9.17, 15) is 9.59 Å². The maximum Gasteiger partial charge on any atom is 0.321 e. The SMILES string of the molecule is O=C(Nc1cccc2ccccc12)N1CCN(C(=O)N2CCCCC2)CC1. The molecular formula is C21H26N4O2. The summed E-state index contributed by atoms with van der Waals surface area (Å²) in [7, 11) is 0. The average Bonchev–Trinajstić information content (AvgIpc) is 2.74. The number of carbonyl (C=O) groups is 2. The summed E-state index contributed by atoms with van der Waals surface area (Å²) in [5, 5.41) is 5.17. The molecule has 142 valence electrons. The van der Waals surface area contributed by atoms with E-state index in [4.69, 9.17) is 0 Å². The molecule has 0 aliphatic carbocycles. The third kappa shape index (κ3) is 3.84. The lowest BCUT2D eigenvalue weighted by Gasteiger charge is -2.38. The molecular weight excluding hydrogens is 340 g/mol. The quantitative estimate of drug-likeness (QED) is 0.838. The Morgan fingerprint density at radius 2 is 1.33 bits per heavy atom. The molecule has 27 heavy (non-hydrogen) atoms. The van der Waals surface area contributed by atoms with Crippen LogP contribution in [0.15, 0.2) is 42.5 Å². The Morgan fingerprint density at radius 1 is 0.704 bits per heavy atom. The Hall–Kier alpha value is -2.76. The zero-order chi connectivity index (χ0) is 18.6. The molecule has 4 amide bonds. The number of benzene rings is 2. The zero-order valence-corrected chi connectivity index (χ0v) is 15.6. The molecule has 0 atom stereocenters. The van der Waals surface area contributed by atoms with E-state index in [0.717, 1.165) is 42.4 Å². The van der Waals surface area contributed by atoms with Gasteiger partial charge in [0.25, 0.3) is 0 Å². The molecule has 6 nitrogen and oxygen atoms in total. The van der Waals surface area contributed by atoms with Gasteiger partial charge in [-0.1, -0.05) is 36.4 Å². The van der Waals surface area contributed by atoms with Crippen LogP contribution in [-0.2, 0) is 0 Å². The molecule has 0 bridgehead atoms. The summed E-state index contributed by atoms with van der Waals surface area (Å²) in [4.78, 5) is 30.9. The van der Waals surface area contributed by atoms with Gasteiger partial charge in [0.1, 0.15) is 0 Å². The Balaban J connectivity index is 1.35. The summed E-state index contributed by atoms with van der Waals surface area (Å²) in [6.07, 6.45) is 3.41. The fourth-order valence-electron chi connectivity index (χ4n) is 3.91. The van der Waals surface area contributed by atoms with Crippen LogP contribution in [0, 0.1) is 0 Å². The minimum absolute atomic E-state index is 0.101. The summed E-state index contributed by atoms with van der Waals surface area (Å²) in [5.74, 6) is 0. The van der Waals surface area contributed by atoms with Gasteiger partial charge in [-0.05, 0) is 30.7 Å². The molecule has 4 rings (SSSR count). The largest absolute Gasteiger partial charge is 0.325 e. The number of nitrogens with zero attached hydrogens (tertiary/aromatic N) is 3. The van der Waals surface area contributed by atoms with Gasteiger partial charge in [0.2, 0.25) is 0 Å². The van der Waals surface area contributed by atoms with Crippen LogP contribution in [-0.4, -0.2) is 66.0 Å². The number of anilines is 1. The number of nitrogens with one attached hydrogen (secondary N) is 1. The van der Waals surface area contributed by atoms with Crippen molar-refractivity contribution in [1.29, 1.82) is 0 Å². The van der Waals surface area contributed by atoms with E-state index in [2.05, 4.69) is 5.32 Å². The van der Waals surface area contributed by atoms with Gasteiger partial charge < -0.3 is 20.0 Å². The number of piperidine rings is 1. The standard InChI is InChI=1S/C21H26N4O2/c26-20(22-19-10-6-8-17-7-2-3-9-18(17)19)23-13-15-25(16-14-23)21(27)24-11-4-1-5-12-24/h2-3,6-10H,1,4-5,11-16H2,(H,22,26). The molecule has 6 heteroatoms. The molecule has 2 aliphatic rings. The van der Waals surface area contributed by atoms with Crippen LogP contribution >= 0.6 is 0 Å². The summed E-state index contributed by atoms with van der Waals surface area (Å²) >= 11 is 0. The van der Waals surface area contributed by atoms with E-state index in [-0.39, 0.29) is 12.1 Å². The normalized spacial score (nSPS) is 17.9. The summed E-state index contributed by atoms with van der Waals surface area (Å²) in [6.45, 7) is 4.05. The number of urea groups is 2. The molecule has 0 radical (unpaired) electrons. The zero-order valence-electron chi connectivity index (χ0n) is 15.6. The van der Waals surface area contributed by atoms with Crippen molar-refractivity contribution in [3.8, 4) is 0 Å². The topological polar surface area (TPSA) is 55.9 Å². The van der Waals surface area contributed by atoms with Crippen molar-refractivity contribution in [2.75, 3.05) is 44.6 Å². The van der Waals surface area contributed by atoms with Gasteiger partial charge in [-0.15, -0.1) is 0 Å². The lowest BCUT2D eigenvalue weighted by Crippen LogP contribution is -2.55. The summed E-state index contributed by atoms with van der Waals surface area (Å²) < 4.78 is 0. The number of carbonyl (C=O) groups excluding carboxylic acids is 2. The highest BCUT2D eigenvalue weighted by Gasteiger charge is 2.28. The van der Waals surface area contributed by atoms with Crippen LogP contribution in [0.5, 0.6) is 0 Å². The Labute approximate surface area is 159 Å². The molecule has 0 unspecified atom stereocenters. The van der Waals surface area contributed by atoms with Gasteiger partial charge in [0.15, 0.2) is 0 Å². The van der Waals surface area contributed by atoms with Gasteiger partial charge in [0.05, 0.1) is 5.69 Å². The second-order valence-electron chi connectivity index (χ2n) is 7.26. The first kappa shape index (κ1) is 17.6. The summed E-state index contributed by atoms with van der Waals surface area (Å²) in [6, 6.07) is 14.0. The molecule has 2 aliphatic heterocycles. The number of piperazine rings is 1. The number of amides is 4. The van der Waals surface area contributed by atoms with Crippen molar-refractivity contribution < 1.29 is 9.59 Å². The highest BCUT2D eigenvalue weighted by Crippen LogP contribution is 2.23. The Morgan fingerprint density at radius 3 is 2.11 bits per heavy atom. The van der Waals surface area contributed by atoms with Crippen molar-refractivity contribution in [2.45, 2.75) is 19.3 Å². The highest BCUT2D eigenvalue weighted by molar-refractivity contribution is 6.01. The Bertz CT molecular complexity index is 819. The minimum atomic E-state index is -0.101. The fraction of sp³-hybridized carbons (Fsp3) is 0.429. The second kappa shape index (κ2) is 7.86. The van der Waals surface area contributed by atoms with Crippen LogP contribution in [0.2, 0.25) is 0 Å². The lowest BCUT2D eigenvalue weighted by molar-refractivity contribution is 0.116. The maximum absolute atomic E-state index is 12.7. The van der Waals surface area contributed by atoms with E-state index >= 15 is 0 Å². The van der Waals surface area contributed by atoms with E-state index in [1.165, 1.54) is 6.42 Å².